The minimum absolute atomic E-state index is 0.358. The Morgan fingerprint density at radius 2 is 1.95 bits per heavy atom. The van der Waals surface area contributed by atoms with Gasteiger partial charge in [-0.2, -0.15) is 0 Å². The highest BCUT2D eigenvalue weighted by molar-refractivity contribution is 5.21. The van der Waals surface area contributed by atoms with Gasteiger partial charge in [0.25, 0.3) is 0 Å². The van der Waals surface area contributed by atoms with Gasteiger partial charge < -0.3 is 15.8 Å². The normalized spacial score (nSPS) is 23.3. The topological polar surface area (TPSA) is 73.1 Å². The molecule has 0 bridgehead atoms. The number of rotatable bonds is 6. The Kier molecular flexibility index (Phi) is 5.47. The number of hydrogen-bond donors (Lipinski definition) is 2. The van der Waals surface area contributed by atoms with E-state index in [-0.39, 0.29) is 0 Å². The zero-order chi connectivity index (χ0) is 13.5. The molecule has 1 saturated carbocycles. The molecule has 0 aromatic carbocycles. The molecule has 5 nitrogen and oxygen atoms in total. The van der Waals surface area contributed by atoms with Crippen LogP contribution in [0.5, 0.6) is 0 Å². The first-order valence-electron chi connectivity index (χ1n) is 6.82. The van der Waals surface area contributed by atoms with Crippen LogP contribution in [0, 0.1) is 5.82 Å². The molecule has 0 amide bonds. The summed E-state index contributed by atoms with van der Waals surface area (Å²) < 4.78 is 18.4. The number of nitrogens with two attached hydrogens (primary N) is 1. The summed E-state index contributed by atoms with van der Waals surface area (Å²) in [6.45, 7) is 1.44. The van der Waals surface area contributed by atoms with Gasteiger partial charge in [0.05, 0.1) is 18.5 Å². The lowest BCUT2D eigenvalue weighted by Gasteiger charge is -2.26. The van der Waals surface area contributed by atoms with Crippen LogP contribution in [-0.2, 0) is 4.74 Å². The number of hydrogen-bond acceptors (Lipinski definition) is 5. The molecule has 106 valence electrons. The zero-order valence-corrected chi connectivity index (χ0v) is 11.0. The summed E-state index contributed by atoms with van der Waals surface area (Å²) in [4.78, 5) is 7.64. The van der Waals surface area contributed by atoms with E-state index in [1.165, 1.54) is 0 Å². The van der Waals surface area contributed by atoms with E-state index in [4.69, 9.17) is 10.5 Å². The molecule has 0 unspecified atom stereocenters. The van der Waals surface area contributed by atoms with Crippen molar-refractivity contribution in [1.29, 1.82) is 0 Å². The van der Waals surface area contributed by atoms with E-state index < -0.39 is 5.82 Å². The van der Waals surface area contributed by atoms with Crippen molar-refractivity contribution < 1.29 is 9.13 Å². The molecule has 6 heteroatoms. The zero-order valence-electron chi connectivity index (χ0n) is 11.0. The van der Waals surface area contributed by atoms with Crippen molar-refractivity contribution in [3.63, 3.8) is 0 Å². The maximum atomic E-state index is 12.6. The number of aromatic nitrogens is 2. The van der Waals surface area contributed by atoms with Crippen molar-refractivity contribution in [2.24, 2.45) is 5.73 Å². The number of anilines is 1. The second-order valence-electron chi connectivity index (χ2n) is 4.91. The van der Waals surface area contributed by atoms with E-state index in [2.05, 4.69) is 15.3 Å². The highest BCUT2D eigenvalue weighted by Crippen LogP contribution is 2.19. The van der Waals surface area contributed by atoms with Gasteiger partial charge in [-0.05, 0) is 32.1 Å². The fourth-order valence-corrected chi connectivity index (χ4v) is 2.18. The second-order valence-corrected chi connectivity index (χ2v) is 4.91. The summed E-state index contributed by atoms with van der Waals surface area (Å²) in [6, 6.07) is 0.358. The number of nitrogens with one attached hydrogen (secondary N) is 1. The van der Waals surface area contributed by atoms with Gasteiger partial charge in [0.2, 0.25) is 5.95 Å². The van der Waals surface area contributed by atoms with E-state index in [9.17, 15) is 4.39 Å². The minimum Gasteiger partial charge on any atom is -0.378 e. The first-order chi connectivity index (χ1) is 9.24. The summed E-state index contributed by atoms with van der Waals surface area (Å²) in [5.41, 5.74) is 5.84. The third-order valence-corrected chi connectivity index (χ3v) is 3.30. The molecule has 0 saturated heterocycles. The summed E-state index contributed by atoms with van der Waals surface area (Å²) in [7, 11) is 0. The van der Waals surface area contributed by atoms with Crippen molar-refractivity contribution >= 4 is 5.95 Å². The second kappa shape index (κ2) is 7.35. The largest absolute Gasteiger partial charge is 0.378 e. The molecule has 0 aliphatic heterocycles. The molecule has 0 radical (unpaired) electrons. The SMILES string of the molecule is NC1CCC(OCCCNc2ncc(F)cn2)CC1. The molecule has 3 N–H and O–H groups in total. The number of ether oxygens (including phenoxy) is 1. The van der Waals surface area contributed by atoms with Crippen LogP contribution in [0.2, 0.25) is 0 Å². The van der Waals surface area contributed by atoms with E-state index in [0.29, 0.717) is 24.7 Å². The van der Waals surface area contributed by atoms with Gasteiger partial charge in [-0.1, -0.05) is 0 Å². The van der Waals surface area contributed by atoms with Crippen molar-refractivity contribution in [2.75, 3.05) is 18.5 Å². The highest BCUT2D eigenvalue weighted by atomic mass is 19.1. The Morgan fingerprint density at radius 3 is 2.63 bits per heavy atom. The van der Waals surface area contributed by atoms with E-state index in [1.807, 2.05) is 0 Å². The Labute approximate surface area is 112 Å². The van der Waals surface area contributed by atoms with Gasteiger partial charge in [-0.3, -0.25) is 0 Å². The quantitative estimate of drug-likeness (QED) is 0.768. The molecule has 2 rings (SSSR count). The molecular formula is C13H21FN4O. The molecule has 0 spiro atoms. The van der Waals surface area contributed by atoms with Crippen LogP contribution in [-0.4, -0.2) is 35.3 Å². The number of nitrogens with zero attached hydrogens (tertiary/aromatic N) is 2. The van der Waals surface area contributed by atoms with E-state index in [1.54, 1.807) is 0 Å². The third-order valence-electron chi connectivity index (χ3n) is 3.30. The smallest absolute Gasteiger partial charge is 0.222 e. The average Bonchev–Trinajstić information content (AvgIpc) is 2.43. The van der Waals surface area contributed by atoms with Gasteiger partial charge in [0.1, 0.15) is 0 Å². The molecule has 1 fully saturated rings. The Balaban J connectivity index is 1.53. The molecular weight excluding hydrogens is 247 g/mol. The van der Waals surface area contributed by atoms with Gasteiger partial charge in [0, 0.05) is 19.2 Å². The first kappa shape index (κ1) is 14.1. The van der Waals surface area contributed by atoms with E-state index in [0.717, 1.165) is 51.0 Å². The first-order valence-corrected chi connectivity index (χ1v) is 6.82. The van der Waals surface area contributed by atoms with Crippen LogP contribution in [0.15, 0.2) is 12.4 Å². The summed E-state index contributed by atoms with van der Waals surface area (Å²) in [6.07, 6.45) is 7.79. The Bertz CT molecular complexity index is 365. The van der Waals surface area contributed by atoms with Crippen LogP contribution >= 0.6 is 0 Å². The van der Waals surface area contributed by atoms with Crippen LogP contribution in [0.3, 0.4) is 0 Å². The lowest BCUT2D eigenvalue weighted by Crippen LogP contribution is -2.30. The number of halogens is 1. The van der Waals surface area contributed by atoms with Crippen molar-refractivity contribution in [3.8, 4) is 0 Å². The fraction of sp³-hybridized carbons (Fsp3) is 0.692. The van der Waals surface area contributed by atoms with E-state index >= 15 is 0 Å². The van der Waals surface area contributed by atoms with Crippen LogP contribution < -0.4 is 11.1 Å². The van der Waals surface area contributed by atoms with Crippen molar-refractivity contribution in [3.05, 3.63) is 18.2 Å². The Hall–Kier alpha value is -1.27. The van der Waals surface area contributed by atoms with Gasteiger partial charge in [-0.25, -0.2) is 14.4 Å². The van der Waals surface area contributed by atoms with Crippen LogP contribution in [0.1, 0.15) is 32.1 Å². The van der Waals surface area contributed by atoms with Gasteiger partial charge in [-0.15, -0.1) is 0 Å². The predicted molar refractivity (Wildman–Crippen MR) is 71.3 cm³/mol. The summed E-state index contributed by atoms with van der Waals surface area (Å²) in [5, 5.41) is 3.03. The standard InChI is InChI=1S/C13H21FN4O/c14-10-8-17-13(18-9-10)16-6-1-7-19-12-4-2-11(15)3-5-12/h8-9,11-12H,1-7,15H2,(H,16,17,18). The Morgan fingerprint density at radius 1 is 1.26 bits per heavy atom. The molecule has 1 aliphatic rings. The lowest BCUT2D eigenvalue weighted by molar-refractivity contribution is 0.0251. The summed E-state index contributed by atoms with van der Waals surface area (Å²) >= 11 is 0. The lowest BCUT2D eigenvalue weighted by atomic mass is 9.94. The predicted octanol–water partition coefficient (Wildman–Crippen LogP) is 1.70. The maximum absolute atomic E-state index is 12.6. The molecule has 1 aromatic rings. The molecule has 1 heterocycles. The minimum atomic E-state index is -0.426. The third kappa shape index (κ3) is 5.08. The van der Waals surface area contributed by atoms with Crippen LogP contribution in [0.4, 0.5) is 10.3 Å². The summed E-state index contributed by atoms with van der Waals surface area (Å²) in [5.74, 6) is 0.0226. The van der Waals surface area contributed by atoms with Crippen molar-refractivity contribution in [1.82, 2.24) is 9.97 Å². The molecule has 0 atom stereocenters. The monoisotopic (exact) mass is 268 g/mol. The highest BCUT2D eigenvalue weighted by Gasteiger charge is 2.18. The van der Waals surface area contributed by atoms with Gasteiger partial charge >= 0.3 is 0 Å². The van der Waals surface area contributed by atoms with Gasteiger partial charge in [0.15, 0.2) is 5.82 Å². The maximum Gasteiger partial charge on any atom is 0.222 e. The molecule has 19 heavy (non-hydrogen) atoms. The average molecular weight is 268 g/mol. The van der Waals surface area contributed by atoms with Crippen LogP contribution in [0.25, 0.3) is 0 Å². The van der Waals surface area contributed by atoms with Crippen molar-refractivity contribution in [2.45, 2.75) is 44.2 Å². The fourth-order valence-electron chi connectivity index (χ4n) is 2.18. The molecule has 1 aromatic heterocycles. The molecule has 1 aliphatic carbocycles.